The van der Waals surface area contributed by atoms with Crippen molar-refractivity contribution in [3.8, 4) is 6.07 Å². The van der Waals surface area contributed by atoms with E-state index in [9.17, 15) is 13.2 Å². The van der Waals surface area contributed by atoms with Gasteiger partial charge in [-0.15, -0.1) is 0 Å². The van der Waals surface area contributed by atoms with E-state index in [1.807, 2.05) is 32.0 Å². The quantitative estimate of drug-likeness (QED) is 0.542. The second-order valence-electron chi connectivity index (χ2n) is 7.36. The molecule has 1 fully saturated rings. The Morgan fingerprint density at radius 2 is 1.97 bits per heavy atom. The molecule has 0 aliphatic carbocycles. The molecule has 0 atom stereocenters. The van der Waals surface area contributed by atoms with Gasteiger partial charge in [0.2, 0.25) is 15.9 Å². The van der Waals surface area contributed by atoms with Crippen LogP contribution in [-0.4, -0.2) is 62.2 Å². The molecule has 10 heteroatoms. The molecule has 0 unspecified atom stereocenters. The van der Waals surface area contributed by atoms with Gasteiger partial charge >= 0.3 is 0 Å². The molecular formula is C22H26N4O4S2. The number of morpholine rings is 1. The van der Waals surface area contributed by atoms with Crippen molar-refractivity contribution in [2.75, 3.05) is 43.5 Å². The molecule has 2 aromatic rings. The number of anilines is 1. The third-order valence-electron chi connectivity index (χ3n) is 5.21. The van der Waals surface area contributed by atoms with Gasteiger partial charge in [-0.1, -0.05) is 17.8 Å². The van der Waals surface area contributed by atoms with Gasteiger partial charge in [0.05, 0.1) is 36.5 Å². The number of hydrogen-bond acceptors (Lipinski definition) is 7. The Hall–Kier alpha value is -2.45. The monoisotopic (exact) mass is 474 g/mol. The van der Waals surface area contributed by atoms with Gasteiger partial charge in [-0.2, -0.15) is 9.57 Å². The Labute approximate surface area is 193 Å². The summed E-state index contributed by atoms with van der Waals surface area (Å²) in [6.45, 7) is 5.70. The van der Waals surface area contributed by atoms with Gasteiger partial charge in [0, 0.05) is 31.5 Å². The Balaban J connectivity index is 1.67. The summed E-state index contributed by atoms with van der Waals surface area (Å²) in [5, 5.41) is 9.53. The molecule has 1 amide bonds. The first-order valence-corrected chi connectivity index (χ1v) is 12.7. The van der Waals surface area contributed by atoms with E-state index < -0.39 is 10.0 Å². The Kier molecular flexibility index (Phi) is 8.26. The molecule has 1 aromatic carbocycles. The highest BCUT2D eigenvalue weighted by molar-refractivity contribution is 7.99. The minimum atomic E-state index is -3.60. The fourth-order valence-electron chi connectivity index (χ4n) is 3.21. The summed E-state index contributed by atoms with van der Waals surface area (Å²) < 4.78 is 32.0. The van der Waals surface area contributed by atoms with Gasteiger partial charge in [0.25, 0.3) is 0 Å². The van der Waals surface area contributed by atoms with Crippen LogP contribution in [0.15, 0.2) is 46.5 Å². The van der Waals surface area contributed by atoms with Crippen LogP contribution in [0.1, 0.15) is 17.5 Å². The molecule has 32 heavy (non-hydrogen) atoms. The second-order valence-corrected chi connectivity index (χ2v) is 10.3. The van der Waals surface area contributed by atoms with Crippen LogP contribution in [-0.2, 0) is 19.6 Å². The standard InChI is InChI=1S/C22H26N4O4S2/c1-17-4-5-19(14-18(17)2)26(9-3-8-23)22(27)16-31-21-7-6-20(15-24-21)32(28,29)25-10-12-30-13-11-25/h4-7,14-15H,3,9-13,16H2,1-2H3. The van der Waals surface area contributed by atoms with Crippen LogP contribution in [0.2, 0.25) is 0 Å². The van der Waals surface area contributed by atoms with Crippen LogP contribution in [0, 0.1) is 25.2 Å². The molecule has 1 aliphatic rings. The van der Waals surface area contributed by atoms with Gasteiger partial charge in [-0.05, 0) is 49.2 Å². The van der Waals surface area contributed by atoms with Crippen molar-refractivity contribution in [2.45, 2.75) is 30.2 Å². The summed E-state index contributed by atoms with van der Waals surface area (Å²) in [5.41, 5.74) is 2.96. The lowest BCUT2D eigenvalue weighted by atomic mass is 10.1. The summed E-state index contributed by atoms with van der Waals surface area (Å²) in [7, 11) is -3.60. The number of aromatic nitrogens is 1. The predicted octanol–water partition coefficient (Wildman–Crippen LogP) is 2.76. The number of hydrogen-bond donors (Lipinski definition) is 0. The Bertz CT molecular complexity index is 1090. The van der Waals surface area contributed by atoms with E-state index in [4.69, 9.17) is 10.00 Å². The van der Waals surface area contributed by atoms with Crippen molar-refractivity contribution in [1.82, 2.24) is 9.29 Å². The van der Waals surface area contributed by atoms with Crippen molar-refractivity contribution in [3.05, 3.63) is 47.7 Å². The average Bonchev–Trinajstić information content (AvgIpc) is 2.81. The van der Waals surface area contributed by atoms with Crippen LogP contribution < -0.4 is 4.90 Å². The second kappa shape index (κ2) is 10.9. The third kappa shape index (κ3) is 5.86. The summed E-state index contributed by atoms with van der Waals surface area (Å²) in [4.78, 5) is 18.9. The summed E-state index contributed by atoms with van der Waals surface area (Å²) in [5.74, 6) is -0.0127. The third-order valence-corrected chi connectivity index (χ3v) is 8.02. The molecule has 3 rings (SSSR count). The topological polar surface area (TPSA) is 104 Å². The molecule has 0 spiro atoms. The molecule has 2 heterocycles. The largest absolute Gasteiger partial charge is 0.379 e. The van der Waals surface area contributed by atoms with E-state index in [-0.39, 0.29) is 23.0 Å². The number of carbonyl (C=O) groups excluding carboxylic acids is 1. The number of pyridine rings is 1. The Morgan fingerprint density at radius 1 is 1.22 bits per heavy atom. The fraction of sp³-hybridized carbons (Fsp3) is 0.409. The van der Waals surface area contributed by atoms with Gasteiger partial charge in [0.15, 0.2) is 0 Å². The number of rotatable bonds is 8. The van der Waals surface area contributed by atoms with Crippen LogP contribution >= 0.6 is 11.8 Å². The first kappa shape index (κ1) is 24.2. The first-order valence-electron chi connectivity index (χ1n) is 10.2. The highest BCUT2D eigenvalue weighted by atomic mass is 32.2. The lowest BCUT2D eigenvalue weighted by molar-refractivity contribution is -0.116. The van der Waals surface area contributed by atoms with E-state index in [1.165, 1.54) is 28.3 Å². The maximum atomic E-state index is 12.9. The number of thioether (sulfide) groups is 1. The lowest BCUT2D eigenvalue weighted by Gasteiger charge is -2.25. The summed E-state index contributed by atoms with van der Waals surface area (Å²) in [6.07, 6.45) is 1.56. The van der Waals surface area contributed by atoms with Gasteiger partial charge < -0.3 is 9.64 Å². The lowest BCUT2D eigenvalue weighted by Crippen LogP contribution is -2.40. The minimum absolute atomic E-state index is 0.126. The normalized spacial score (nSPS) is 14.7. The summed E-state index contributed by atoms with van der Waals surface area (Å²) in [6, 6.07) is 11.0. The van der Waals surface area contributed by atoms with Gasteiger partial charge in [-0.3, -0.25) is 4.79 Å². The molecule has 170 valence electrons. The van der Waals surface area contributed by atoms with E-state index in [0.717, 1.165) is 16.8 Å². The number of benzene rings is 1. The zero-order valence-electron chi connectivity index (χ0n) is 18.2. The maximum Gasteiger partial charge on any atom is 0.244 e. The molecule has 0 saturated carbocycles. The average molecular weight is 475 g/mol. The SMILES string of the molecule is Cc1ccc(N(CCC#N)C(=O)CSc2ccc(S(=O)(=O)N3CCOCC3)cn2)cc1C. The molecule has 1 aromatic heterocycles. The Morgan fingerprint density at radius 3 is 2.59 bits per heavy atom. The number of nitriles is 1. The fourth-order valence-corrected chi connectivity index (χ4v) is 5.28. The van der Waals surface area contributed by atoms with Crippen molar-refractivity contribution in [2.24, 2.45) is 0 Å². The maximum absolute atomic E-state index is 12.9. The smallest absolute Gasteiger partial charge is 0.244 e. The number of nitrogens with zero attached hydrogens (tertiary/aromatic N) is 4. The van der Waals surface area contributed by atoms with Gasteiger partial charge in [0.1, 0.15) is 4.90 Å². The number of ether oxygens (including phenoxy) is 1. The molecule has 1 saturated heterocycles. The van der Waals surface area contributed by atoms with Crippen molar-refractivity contribution < 1.29 is 17.9 Å². The molecule has 8 nitrogen and oxygen atoms in total. The van der Waals surface area contributed by atoms with E-state index in [1.54, 1.807) is 11.0 Å². The minimum Gasteiger partial charge on any atom is -0.379 e. The van der Waals surface area contributed by atoms with Crippen LogP contribution in [0.4, 0.5) is 5.69 Å². The van der Waals surface area contributed by atoms with Gasteiger partial charge in [-0.25, -0.2) is 13.4 Å². The number of carbonyl (C=O) groups is 1. The zero-order valence-corrected chi connectivity index (χ0v) is 19.8. The molecule has 0 N–H and O–H groups in total. The highest BCUT2D eigenvalue weighted by Gasteiger charge is 2.26. The predicted molar refractivity (Wildman–Crippen MR) is 123 cm³/mol. The molecule has 0 bridgehead atoms. The van der Waals surface area contributed by atoms with Crippen molar-refractivity contribution >= 4 is 33.4 Å². The number of aryl methyl sites for hydroxylation is 2. The van der Waals surface area contributed by atoms with E-state index in [2.05, 4.69) is 11.1 Å². The van der Waals surface area contributed by atoms with E-state index in [0.29, 0.717) is 37.9 Å². The first-order chi connectivity index (χ1) is 15.3. The molecular weight excluding hydrogens is 448 g/mol. The summed E-state index contributed by atoms with van der Waals surface area (Å²) >= 11 is 1.23. The van der Waals surface area contributed by atoms with Crippen LogP contribution in [0.25, 0.3) is 0 Å². The van der Waals surface area contributed by atoms with Crippen molar-refractivity contribution in [3.63, 3.8) is 0 Å². The zero-order chi connectivity index (χ0) is 23.1. The number of sulfonamides is 1. The highest BCUT2D eigenvalue weighted by Crippen LogP contribution is 2.23. The molecule has 0 radical (unpaired) electrons. The van der Waals surface area contributed by atoms with Crippen LogP contribution in [0.3, 0.4) is 0 Å². The number of amides is 1. The molecule has 1 aliphatic heterocycles. The van der Waals surface area contributed by atoms with Crippen molar-refractivity contribution in [1.29, 1.82) is 5.26 Å². The van der Waals surface area contributed by atoms with E-state index >= 15 is 0 Å². The van der Waals surface area contributed by atoms with Crippen LogP contribution in [0.5, 0.6) is 0 Å².